The molecule has 0 bridgehead atoms. The van der Waals surface area contributed by atoms with Gasteiger partial charge < -0.3 is 5.32 Å². The van der Waals surface area contributed by atoms with E-state index in [-0.39, 0.29) is 0 Å². The number of nitrogens with one attached hydrogen (secondary N) is 1. The first kappa shape index (κ1) is 14.6. The molecule has 0 radical (unpaired) electrons. The zero-order valence-electron chi connectivity index (χ0n) is 10.8. The van der Waals surface area contributed by atoms with Gasteiger partial charge in [0, 0.05) is 13.0 Å². The van der Waals surface area contributed by atoms with E-state index in [9.17, 15) is 0 Å². The summed E-state index contributed by atoms with van der Waals surface area (Å²) >= 11 is 13.7. The lowest BCUT2D eigenvalue weighted by molar-refractivity contribution is 0.640. The Hall–Kier alpha value is -0.840. The molecule has 0 spiro atoms. The summed E-state index contributed by atoms with van der Waals surface area (Å²) in [5.74, 6) is 0.586. The summed E-state index contributed by atoms with van der Waals surface area (Å²) in [5.41, 5.74) is 0.953. The van der Waals surface area contributed by atoms with Gasteiger partial charge >= 0.3 is 0 Å². The average Bonchev–Trinajstić information content (AvgIpc) is 2.78. The van der Waals surface area contributed by atoms with Crippen LogP contribution in [0.2, 0.25) is 10.0 Å². The molecule has 0 aliphatic heterocycles. The number of hydrogen-bond acceptors (Lipinski definition) is 4. The van der Waals surface area contributed by atoms with Gasteiger partial charge in [0.05, 0.1) is 10.0 Å². The minimum absolute atomic E-state index is 0.568. The molecule has 3 nitrogen and oxygen atoms in total. The SMILES string of the molecule is CC(C)Cc1nnc(NCc2cccc(Cl)c2Cl)s1. The maximum atomic E-state index is 6.13. The van der Waals surface area contributed by atoms with Gasteiger partial charge in [-0.1, -0.05) is 60.5 Å². The maximum Gasteiger partial charge on any atom is 0.205 e. The van der Waals surface area contributed by atoms with Crippen LogP contribution in [0, 0.1) is 5.92 Å². The van der Waals surface area contributed by atoms with Crippen molar-refractivity contribution < 1.29 is 0 Å². The summed E-state index contributed by atoms with van der Waals surface area (Å²) in [7, 11) is 0. The van der Waals surface area contributed by atoms with Crippen molar-refractivity contribution in [3.63, 3.8) is 0 Å². The van der Waals surface area contributed by atoms with Crippen molar-refractivity contribution in [3.8, 4) is 0 Å². The van der Waals surface area contributed by atoms with E-state index in [1.54, 1.807) is 17.4 Å². The monoisotopic (exact) mass is 315 g/mol. The Morgan fingerprint density at radius 2 is 2.05 bits per heavy atom. The molecule has 0 saturated heterocycles. The van der Waals surface area contributed by atoms with Gasteiger partial charge in [-0.15, -0.1) is 10.2 Å². The number of aromatic nitrogens is 2. The molecule has 1 aromatic carbocycles. The maximum absolute atomic E-state index is 6.13. The number of halogens is 2. The Kier molecular flexibility index (Phi) is 5.02. The van der Waals surface area contributed by atoms with Crippen LogP contribution in [0.25, 0.3) is 0 Å². The average molecular weight is 316 g/mol. The van der Waals surface area contributed by atoms with Gasteiger partial charge in [-0.05, 0) is 17.5 Å². The molecule has 0 unspecified atom stereocenters. The quantitative estimate of drug-likeness (QED) is 0.872. The molecule has 2 aromatic rings. The molecule has 0 atom stereocenters. The lowest BCUT2D eigenvalue weighted by Crippen LogP contribution is -1.99. The van der Waals surface area contributed by atoms with Crippen molar-refractivity contribution in [3.05, 3.63) is 38.8 Å². The van der Waals surface area contributed by atoms with E-state index in [2.05, 4.69) is 29.4 Å². The van der Waals surface area contributed by atoms with Crippen LogP contribution >= 0.6 is 34.5 Å². The zero-order chi connectivity index (χ0) is 13.8. The first-order valence-electron chi connectivity index (χ1n) is 6.05. The fourth-order valence-electron chi connectivity index (χ4n) is 1.61. The van der Waals surface area contributed by atoms with Crippen molar-refractivity contribution >= 4 is 39.7 Å². The molecule has 1 N–H and O–H groups in total. The Balaban J connectivity index is 1.98. The van der Waals surface area contributed by atoms with Gasteiger partial charge in [-0.25, -0.2) is 0 Å². The molecule has 2 rings (SSSR count). The Morgan fingerprint density at radius 1 is 1.26 bits per heavy atom. The largest absolute Gasteiger partial charge is 0.356 e. The van der Waals surface area contributed by atoms with Crippen LogP contribution in [0.3, 0.4) is 0 Å². The van der Waals surface area contributed by atoms with Gasteiger partial charge in [-0.2, -0.15) is 0 Å². The summed E-state index contributed by atoms with van der Waals surface area (Å²) in [4.78, 5) is 0. The van der Waals surface area contributed by atoms with Gasteiger partial charge in [-0.3, -0.25) is 0 Å². The normalized spacial score (nSPS) is 11.0. The topological polar surface area (TPSA) is 37.8 Å². The highest BCUT2D eigenvalue weighted by Crippen LogP contribution is 2.26. The van der Waals surface area contributed by atoms with Crippen molar-refractivity contribution in [1.29, 1.82) is 0 Å². The van der Waals surface area contributed by atoms with Crippen LogP contribution in [-0.4, -0.2) is 10.2 Å². The fraction of sp³-hybridized carbons (Fsp3) is 0.385. The standard InChI is InChI=1S/C13H15Cl2N3S/c1-8(2)6-11-17-18-13(19-11)16-7-9-4-3-5-10(14)12(9)15/h3-5,8H,6-7H2,1-2H3,(H,16,18). The fourth-order valence-corrected chi connectivity index (χ4v) is 2.95. The second-order valence-electron chi connectivity index (χ2n) is 4.67. The number of benzene rings is 1. The Bertz CT molecular complexity index is 555. The minimum atomic E-state index is 0.568. The van der Waals surface area contributed by atoms with Gasteiger partial charge in [0.15, 0.2) is 0 Å². The van der Waals surface area contributed by atoms with E-state index in [1.807, 2.05) is 12.1 Å². The molecule has 1 aromatic heterocycles. The summed E-state index contributed by atoms with van der Waals surface area (Å²) < 4.78 is 0. The van der Waals surface area contributed by atoms with Crippen LogP contribution < -0.4 is 5.32 Å². The number of anilines is 1. The molecule has 19 heavy (non-hydrogen) atoms. The first-order valence-corrected chi connectivity index (χ1v) is 7.62. The zero-order valence-corrected chi connectivity index (χ0v) is 13.1. The molecular weight excluding hydrogens is 301 g/mol. The minimum Gasteiger partial charge on any atom is -0.356 e. The molecule has 0 fully saturated rings. The van der Waals surface area contributed by atoms with E-state index in [4.69, 9.17) is 23.2 Å². The molecule has 102 valence electrons. The van der Waals surface area contributed by atoms with E-state index in [0.717, 1.165) is 22.1 Å². The summed E-state index contributed by atoms with van der Waals surface area (Å²) in [6, 6.07) is 5.60. The van der Waals surface area contributed by atoms with Gasteiger partial charge in [0.25, 0.3) is 0 Å². The second-order valence-corrected chi connectivity index (χ2v) is 6.51. The van der Waals surface area contributed by atoms with E-state index in [0.29, 0.717) is 22.5 Å². The molecule has 1 heterocycles. The molecule has 6 heteroatoms. The smallest absolute Gasteiger partial charge is 0.205 e. The number of rotatable bonds is 5. The second kappa shape index (κ2) is 6.55. The van der Waals surface area contributed by atoms with E-state index >= 15 is 0 Å². The van der Waals surface area contributed by atoms with Crippen LogP contribution in [0.4, 0.5) is 5.13 Å². The van der Waals surface area contributed by atoms with Gasteiger partial charge in [0.2, 0.25) is 5.13 Å². The molecule has 0 amide bonds. The third kappa shape index (κ3) is 4.06. The molecule has 0 saturated carbocycles. The third-order valence-corrected chi connectivity index (χ3v) is 4.27. The van der Waals surface area contributed by atoms with E-state index in [1.165, 1.54) is 0 Å². The highest BCUT2D eigenvalue weighted by Gasteiger charge is 2.08. The summed E-state index contributed by atoms with van der Waals surface area (Å²) in [5, 5.41) is 14.5. The highest BCUT2D eigenvalue weighted by molar-refractivity contribution is 7.15. The number of hydrogen-bond donors (Lipinski definition) is 1. The molecule has 0 aliphatic rings. The van der Waals surface area contributed by atoms with Crippen molar-refractivity contribution in [2.24, 2.45) is 5.92 Å². The summed E-state index contributed by atoms with van der Waals surface area (Å²) in [6.07, 6.45) is 0.956. The molecule has 0 aliphatic carbocycles. The third-order valence-electron chi connectivity index (χ3n) is 2.51. The first-order chi connectivity index (χ1) is 9.06. The predicted molar refractivity (Wildman–Crippen MR) is 82.2 cm³/mol. The predicted octanol–water partition coefficient (Wildman–Crippen LogP) is 4.66. The van der Waals surface area contributed by atoms with E-state index < -0.39 is 0 Å². The van der Waals surface area contributed by atoms with Crippen molar-refractivity contribution in [1.82, 2.24) is 10.2 Å². The van der Waals surface area contributed by atoms with Crippen molar-refractivity contribution in [2.45, 2.75) is 26.8 Å². The van der Waals surface area contributed by atoms with Crippen molar-refractivity contribution in [2.75, 3.05) is 5.32 Å². The van der Waals surface area contributed by atoms with Crippen LogP contribution in [0.15, 0.2) is 18.2 Å². The number of nitrogens with zero attached hydrogens (tertiary/aromatic N) is 2. The van der Waals surface area contributed by atoms with Crippen LogP contribution in [-0.2, 0) is 13.0 Å². The van der Waals surface area contributed by atoms with Crippen LogP contribution in [0.1, 0.15) is 24.4 Å². The lowest BCUT2D eigenvalue weighted by atomic mass is 10.1. The summed E-state index contributed by atoms with van der Waals surface area (Å²) in [6.45, 7) is 4.93. The Labute approximate surface area is 127 Å². The van der Waals surface area contributed by atoms with Gasteiger partial charge in [0.1, 0.15) is 5.01 Å². The lowest BCUT2D eigenvalue weighted by Gasteiger charge is -2.05. The van der Waals surface area contributed by atoms with Crippen LogP contribution in [0.5, 0.6) is 0 Å². The molecular formula is C13H15Cl2N3S. The highest BCUT2D eigenvalue weighted by atomic mass is 35.5. The Morgan fingerprint density at radius 3 is 2.79 bits per heavy atom.